The van der Waals surface area contributed by atoms with Crippen molar-refractivity contribution in [3.63, 3.8) is 0 Å². The number of nitrogens with zero attached hydrogens (tertiary/aromatic N) is 2. The highest BCUT2D eigenvalue weighted by Gasteiger charge is 2.11. The van der Waals surface area contributed by atoms with Crippen LogP contribution in [0.5, 0.6) is 11.5 Å². The minimum absolute atomic E-state index is 0.129. The number of amides is 1. The molecule has 4 aromatic rings. The van der Waals surface area contributed by atoms with Gasteiger partial charge in [0.15, 0.2) is 0 Å². The van der Waals surface area contributed by atoms with Crippen molar-refractivity contribution in [2.24, 2.45) is 5.10 Å². The molecular weight excluding hydrogens is 428 g/mol. The lowest BCUT2D eigenvalue weighted by Gasteiger charge is -2.06. The van der Waals surface area contributed by atoms with Crippen molar-refractivity contribution in [1.82, 2.24) is 15.4 Å². The number of aromatic amines is 1. The number of carbonyl (C=O) groups excluding carboxylic acids is 1. The van der Waals surface area contributed by atoms with Gasteiger partial charge >= 0.3 is 0 Å². The largest absolute Gasteiger partial charge is 0.507 e. The number of fused-ring (bicyclic) bond motifs is 1. The predicted octanol–water partition coefficient (Wildman–Crippen LogP) is 5.14. The van der Waals surface area contributed by atoms with Crippen LogP contribution in [0.25, 0.3) is 22.4 Å². The Hall–Kier alpha value is -3.84. The number of aromatic hydroxyl groups is 1. The summed E-state index contributed by atoms with van der Waals surface area (Å²) in [6, 6.07) is 17.3. The Kier molecular flexibility index (Phi) is 6.37. The molecule has 1 heterocycles. The maximum Gasteiger partial charge on any atom is 0.271 e. The molecule has 0 radical (unpaired) electrons. The number of H-pyrrole nitrogens is 1. The molecule has 3 N–H and O–H groups in total. The number of nitrogens with one attached hydrogen (secondary N) is 2. The van der Waals surface area contributed by atoms with E-state index < -0.39 is 0 Å². The molecule has 162 valence electrons. The second-order valence-electron chi connectivity index (χ2n) is 7.07. The zero-order chi connectivity index (χ0) is 22.5. The van der Waals surface area contributed by atoms with Gasteiger partial charge in [0, 0.05) is 5.56 Å². The third kappa shape index (κ3) is 4.73. The van der Waals surface area contributed by atoms with E-state index in [9.17, 15) is 9.90 Å². The van der Waals surface area contributed by atoms with Crippen molar-refractivity contribution in [2.45, 2.75) is 13.3 Å². The molecule has 1 aromatic heterocycles. The summed E-state index contributed by atoms with van der Waals surface area (Å²) in [4.78, 5) is 20.1. The van der Waals surface area contributed by atoms with E-state index in [-0.39, 0.29) is 11.7 Å². The topological polar surface area (TPSA) is 99.6 Å². The molecule has 3 aromatic carbocycles. The van der Waals surface area contributed by atoms with Gasteiger partial charge < -0.3 is 14.8 Å². The zero-order valence-corrected chi connectivity index (χ0v) is 18.1. The molecule has 0 aliphatic rings. The number of hydrogen-bond donors (Lipinski definition) is 3. The average Bonchev–Trinajstić information content (AvgIpc) is 3.22. The molecule has 32 heavy (non-hydrogen) atoms. The summed E-state index contributed by atoms with van der Waals surface area (Å²) in [5.41, 5.74) is 5.61. The van der Waals surface area contributed by atoms with E-state index in [4.69, 9.17) is 16.3 Å². The van der Waals surface area contributed by atoms with Gasteiger partial charge in [-0.05, 0) is 60.5 Å². The van der Waals surface area contributed by atoms with E-state index in [2.05, 4.69) is 20.5 Å². The first kappa shape index (κ1) is 21.4. The van der Waals surface area contributed by atoms with Gasteiger partial charge in [0.25, 0.3) is 5.91 Å². The second-order valence-corrected chi connectivity index (χ2v) is 7.48. The lowest BCUT2D eigenvalue weighted by atomic mass is 10.2. The fraction of sp³-hybridized carbons (Fsp3) is 0.125. The highest BCUT2D eigenvalue weighted by Crippen LogP contribution is 2.28. The number of ether oxygens (including phenoxy) is 1. The van der Waals surface area contributed by atoms with Crippen LogP contribution in [0.2, 0.25) is 5.02 Å². The maximum absolute atomic E-state index is 12.5. The van der Waals surface area contributed by atoms with Gasteiger partial charge in [0.05, 0.1) is 34.4 Å². The predicted molar refractivity (Wildman–Crippen MR) is 125 cm³/mol. The molecule has 4 rings (SSSR count). The Morgan fingerprint density at radius 1 is 1.22 bits per heavy atom. The molecule has 0 atom stereocenters. The van der Waals surface area contributed by atoms with E-state index in [1.54, 1.807) is 48.5 Å². The lowest BCUT2D eigenvalue weighted by molar-refractivity contribution is 0.0955. The third-order valence-corrected chi connectivity index (χ3v) is 5.00. The minimum Gasteiger partial charge on any atom is -0.507 e. The van der Waals surface area contributed by atoms with Crippen LogP contribution in [0.1, 0.15) is 29.3 Å². The first-order valence-electron chi connectivity index (χ1n) is 10.1. The smallest absolute Gasteiger partial charge is 0.271 e. The van der Waals surface area contributed by atoms with Crippen LogP contribution in [0.3, 0.4) is 0 Å². The molecule has 0 bridgehead atoms. The molecule has 0 saturated heterocycles. The molecule has 0 aliphatic heterocycles. The number of aromatic nitrogens is 2. The number of hydrogen-bond acceptors (Lipinski definition) is 5. The maximum atomic E-state index is 12.5. The summed E-state index contributed by atoms with van der Waals surface area (Å²) in [5, 5.41) is 14.5. The van der Waals surface area contributed by atoms with E-state index in [1.807, 2.05) is 19.1 Å². The summed E-state index contributed by atoms with van der Waals surface area (Å²) in [6.07, 6.45) is 2.41. The molecule has 0 spiro atoms. The van der Waals surface area contributed by atoms with E-state index in [0.29, 0.717) is 45.4 Å². The number of imidazole rings is 1. The Bertz CT molecular complexity index is 1300. The van der Waals surface area contributed by atoms with Gasteiger partial charge in [-0.25, -0.2) is 10.4 Å². The second kappa shape index (κ2) is 9.53. The number of hydrazone groups is 1. The number of rotatable bonds is 7. The molecular formula is C24H21ClN4O3. The molecule has 7 nitrogen and oxygen atoms in total. The van der Waals surface area contributed by atoms with Crippen LogP contribution in [-0.2, 0) is 0 Å². The molecule has 0 unspecified atom stereocenters. The summed E-state index contributed by atoms with van der Waals surface area (Å²) in [7, 11) is 0. The standard InChI is InChI=1S/C24H21ClN4O3/c1-2-11-32-22-10-7-15(12-18(22)25)14-26-29-24(31)16-8-9-19-20(13-16)28-23(27-19)17-5-3-4-6-21(17)30/h3-10,12-14,30H,2,11H2,1H3,(H,27,28)(H,29,31)/b26-14+. The van der Waals surface area contributed by atoms with Crippen LogP contribution in [0.4, 0.5) is 0 Å². The van der Waals surface area contributed by atoms with Crippen molar-refractivity contribution in [3.05, 3.63) is 76.8 Å². The van der Waals surface area contributed by atoms with Gasteiger partial charge in [-0.3, -0.25) is 4.79 Å². The van der Waals surface area contributed by atoms with Gasteiger partial charge in [-0.15, -0.1) is 0 Å². The number of halogens is 1. The summed E-state index contributed by atoms with van der Waals surface area (Å²) >= 11 is 6.21. The van der Waals surface area contributed by atoms with Crippen molar-refractivity contribution in [1.29, 1.82) is 0 Å². The molecule has 0 fully saturated rings. The van der Waals surface area contributed by atoms with Gasteiger partial charge in [-0.1, -0.05) is 30.7 Å². The highest BCUT2D eigenvalue weighted by atomic mass is 35.5. The van der Waals surface area contributed by atoms with Gasteiger partial charge in [0.1, 0.15) is 17.3 Å². The lowest BCUT2D eigenvalue weighted by Crippen LogP contribution is -2.17. The first-order chi connectivity index (χ1) is 15.5. The Morgan fingerprint density at radius 3 is 2.84 bits per heavy atom. The number of benzene rings is 3. The number of phenolic OH excluding ortho intramolecular Hbond substituents is 1. The molecule has 0 saturated carbocycles. The van der Waals surface area contributed by atoms with Crippen LogP contribution < -0.4 is 10.2 Å². The Balaban J connectivity index is 1.46. The molecule has 8 heteroatoms. The Morgan fingerprint density at radius 2 is 2.06 bits per heavy atom. The van der Waals surface area contributed by atoms with E-state index >= 15 is 0 Å². The highest BCUT2D eigenvalue weighted by molar-refractivity contribution is 6.32. The SMILES string of the molecule is CCCOc1ccc(/C=N/NC(=O)c2ccc3nc(-c4ccccc4O)[nH]c3c2)cc1Cl. The van der Waals surface area contributed by atoms with Crippen LogP contribution in [0, 0.1) is 0 Å². The zero-order valence-electron chi connectivity index (χ0n) is 17.3. The molecule has 1 amide bonds. The normalized spacial score (nSPS) is 11.2. The first-order valence-corrected chi connectivity index (χ1v) is 10.5. The average molecular weight is 449 g/mol. The van der Waals surface area contributed by atoms with Crippen LogP contribution in [-0.4, -0.2) is 33.8 Å². The Labute approximate surface area is 189 Å². The molecule has 0 aliphatic carbocycles. The fourth-order valence-electron chi connectivity index (χ4n) is 3.11. The van der Waals surface area contributed by atoms with Crippen LogP contribution in [0.15, 0.2) is 65.8 Å². The van der Waals surface area contributed by atoms with Gasteiger partial charge in [-0.2, -0.15) is 5.10 Å². The number of phenols is 1. The third-order valence-electron chi connectivity index (χ3n) is 4.70. The van der Waals surface area contributed by atoms with E-state index in [0.717, 1.165) is 12.0 Å². The van der Waals surface area contributed by atoms with E-state index in [1.165, 1.54) is 6.21 Å². The summed E-state index contributed by atoms with van der Waals surface area (Å²) in [6.45, 7) is 2.62. The minimum atomic E-state index is -0.365. The number of para-hydroxylation sites is 1. The van der Waals surface area contributed by atoms with Crippen molar-refractivity contribution in [3.8, 4) is 22.9 Å². The fourth-order valence-corrected chi connectivity index (χ4v) is 3.35. The van der Waals surface area contributed by atoms with Crippen molar-refractivity contribution >= 4 is 34.8 Å². The number of carbonyl (C=O) groups is 1. The van der Waals surface area contributed by atoms with Crippen molar-refractivity contribution in [2.75, 3.05) is 6.61 Å². The van der Waals surface area contributed by atoms with Crippen LogP contribution >= 0.6 is 11.6 Å². The summed E-state index contributed by atoms with van der Waals surface area (Å²) in [5.74, 6) is 0.905. The van der Waals surface area contributed by atoms with Gasteiger partial charge in [0.2, 0.25) is 0 Å². The quantitative estimate of drug-likeness (QED) is 0.269. The summed E-state index contributed by atoms with van der Waals surface area (Å²) < 4.78 is 5.54. The van der Waals surface area contributed by atoms with Crippen molar-refractivity contribution < 1.29 is 14.6 Å². The monoisotopic (exact) mass is 448 g/mol.